The molecular weight excluding hydrogens is 260 g/mol. The number of carbonyl (C=O) groups excluding carboxylic acids is 1. The Bertz CT molecular complexity index is 779. The predicted octanol–water partition coefficient (Wildman–Crippen LogP) is 4.93. The lowest BCUT2D eigenvalue weighted by atomic mass is 9.99. The molecular formula is C19H18O2. The van der Waals surface area contributed by atoms with Crippen LogP contribution in [0.5, 0.6) is 0 Å². The van der Waals surface area contributed by atoms with E-state index in [1.54, 1.807) is 6.92 Å². The third kappa shape index (κ3) is 2.75. The Hall–Kier alpha value is -2.35. The molecule has 3 rings (SSSR count). The lowest BCUT2D eigenvalue weighted by molar-refractivity contribution is -0.117. The lowest BCUT2D eigenvalue weighted by Crippen LogP contribution is -1.94. The Morgan fingerprint density at radius 3 is 2.48 bits per heavy atom. The average molecular weight is 278 g/mol. The van der Waals surface area contributed by atoms with Crippen LogP contribution in [0.3, 0.4) is 0 Å². The van der Waals surface area contributed by atoms with Crippen molar-refractivity contribution in [2.24, 2.45) is 0 Å². The van der Waals surface area contributed by atoms with Crippen LogP contribution in [0.25, 0.3) is 22.1 Å². The molecule has 0 spiro atoms. The number of Topliss-reactive ketones (excluding diaryl/α,β-unsaturated/α-hetero) is 1. The van der Waals surface area contributed by atoms with Gasteiger partial charge in [-0.15, -0.1) is 0 Å². The molecule has 0 unspecified atom stereocenters. The van der Waals surface area contributed by atoms with Crippen molar-refractivity contribution in [1.29, 1.82) is 0 Å². The van der Waals surface area contributed by atoms with Crippen molar-refractivity contribution in [2.45, 2.75) is 26.7 Å². The molecule has 0 aliphatic carbocycles. The molecule has 3 aromatic rings. The van der Waals surface area contributed by atoms with Gasteiger partial charge in [-0.3, -0.25) is 0 Å². The molecule has 0 bridgehead atoms. The van der Waals surface area contributed by atoms with Gasteiger partial charge in [-0.05, 0) is 25.5 Å². The summed E-state index contributed by atoms with van der Waals surface area (Å²) in [6.07, 6.45) is 1.16. The number of para-hydroxylation sites is 1. The van der Waals surface area contributed by atoms with E-state index in [9.17, 15) is 4.79 Å². The molecule has 0 radical (unpaired) electrons. The maximum absolute atomic E-state index is 11.3. The molecule has 2 heteroatoms. The van der Waals surface area contributed by atoms with Crippen molar-refractivity contribution in [3.8, 4) is 11.1 Å². The molecule has 1 heterocycles. The number of furan rings is 1. The number of hydrogen-bond donors (Lipinski definition) is 0. The maximum atomic E-state index is 11.3. The Kier molecular flexibility index (Phi) is 3.61. The second-order valence-electron chi connectivity index (χ2n) is 5.46. The summed E-state index contributed by atoms with van der Waals surface area (Å²) in [5, 5.41) is 1.11. The highest BCUT2D eigenvalue weighted by molar-refractivity contribution is 5.96. The number of aryl methyl sites for hydroxylation is 2. The monoisotopic (exact) mass is 278 g/mol. The molecule has 0 atom stereocenters. The number of carbonyl (C=O) groups is 1. The Morgan fingerprint density at radius 1 is 1.05 bits per heavy atom. The molecule has 0 aliphatic heterocycles. The van der Waals surface area contributed by atoms with Crippen molar-refractivity contribution in [3.63, 3.8) is 0 Å². The van der Waals surface area contributed by atoms with Crippen LogP contribution in [0, 0.1) is 6.92 Å². The van der Waals surface area contributed by atoms with Gasteiger partial charge in [0.1, 0.15) is 17.1 Å². The average Bonchev–Trinajstić information content (AvgIpc) is 2.84. The van der Waals surface area contributed by atoms with Crippen LogP contribution >= 0.6 is 0 Å². The maximum Gasteiger partial charge on any atom is 0.134 e. The molecule has 0 N–H and O–H groups in total. The smallest absolute Gasteiger partial charge is 0.134 e. The molecule has 0 amide bonds. The van der Waals surface area contributed by atoms with E-state index < -0.39 is 0 Å². The molecule has 2 nitrogen and oxygen atoms in total. The zero-order valence-corrected chi connectivity index (χ0v) is 12.3. The first kappa shape index (κ1) is 13.6. The third-order valence-corrected chi connectivity index (χ3v) is 3.71. The van der Waals surface area contributed by atoms with Crippen molar-refractivity contribution in [3.05, 3.63) is 59.9 Å². The van der Waals surface area contributed by atoms with Crippen LogP contribution in [-0.4, -0.2) is 5.78 Å². The van der Waals surface area contributed by atoms with Crippen LogP contribution < -0.4 is 0 Å². The Labute approximate surface area is 124 Å². The van der Waals surface area contributed by atoms with Gasteiger partial charge in [0.05, 0.1) is 0 Å². The minimum Gasteiger partial charge on any atom is -0.460 e. The second kappa shape index (κ2) is 5.57. The largest absolute Gasteiger partial charge is 0.460 e. The first-order valence-corrected chi connectivity index (χ1v) is 7.22. The molecule has 0 saturated carbocycles. The Morgan fingerprint density at radius 2 is 1.76 bits per heavy atom. The van der Waals surface area contributed by atoms with E-state index in [2.05, 4.69) is 37.3 Å². The summed E-state index contributed by atoms with van der Waals surface area (Å²) < 4.78 is 5.98. The van der Waals surface area contributed by atoms with Crippen LogP contribution in [0.15, 0.2) is 52.9 Å². The quantitative estimate of drug-likeness (QED) is 0.677. The Balaban J connectivity index is 2.15. The molecule has 21 heavy (non-hydrogen) atoms. The van der Waals surface area contributed by atoms with Crippen LogP contribution in [-0.2, 0) is 11.2 Å². The first-order valence-electron chi connectivity index (χ1n) is 7.22. The van der Waals surface area contributed by atoms with Gasteiger partial charge in [0.25, 0.3) is 0 Å². The number of ketones is 1. The van der Waals surface area contributed by atoms with Gasteiger partial charge in [0, 0.05) is 23.8 Å². The van der Waals surface area contributed by atoms with E-state index in [0.29, 0.717) is 12.8 Å². The van der Waals surface area contributed by atoms with Gasteiger partial charge < -0.3 is 9.21 Å². The minimum atomic E-state index is 0.185. The van der Waals surface area contributed by atoms with Crippen molar-refractivity contribution in [2.75, 3.05) is 0 Å². The van der Waals surface area contributed by atoms with Crippen LogP contribution in [0.1, 0.15) is 24.7 Å². The van der Waals surface area contributed by atoms with E-state index in [4.69, 9.17) is 4.42 Å². The van der Waals surface area contributed by atoms with Crippen molar-refractivity contribution >= 4 is 16.8 Å². The number of rotatable bonds is 4. The van der Waals surface area contributed by atoms with E-state index in [0.717, 1.165) is 27.9 Å². The fraction of sp³-hybridized carbons (Fsp3) is 0.211. The number of hydrogen-bond acceptors (Lipinski definition) is 2. The molecule has 0 aliphatic rings. The van der Waals surface area contributed by atoms with E-state index in [1.807, 2.05) is 18.2 Å². The standard InChI is InChI=1S/C19H18O2/c1-13-7-10-15(11-8-13)19-16-5-3-4-6-17(16)21-18(19)12-9-14(2)20/h3-8,10-11H,9,12H2,1-2H3. The summed E-state index contributed by atoms with van der Waals surface area (Å²) in [7, 11) is 0. The summed E-state index contributed by atoms with van der Waals surface area (Å²) >= 11 is 0. The second-order valence-corrected chi connectivity index (χ2v) is 5.46. The molecule has 1 aromatic heterocycles. The normalized spacial score (nSPS) is 11.0. The zero-order valence-electron chi connectivity index (χ0n) is 12.3. The predicted molar refractivity (Wildman–Crippen MR) is 85.4 cm³/mol. The summed E-state index contributed by atoms with van der Waals surface area (Å²) in [5.74, 6) is 1.08. The van der Waals surface area contributed by atoms with E-state index >= 15 is 0 Å². The van der Waals surface area contributed by atoms with Gasteiger partial charge >= 0.3 is 0 Å². The summed E-state index contributed by atoms with van der Waals surface area (Å²) in [6, 6.07) is 16.5. The zero-order chi connectivity index (χ0) is 14.8. The number of benzene rings is 2. The highest BCUT2D eigenvalue weighted by atomic mass is 16.3. The minimum absolute atomic E-state index is 0.185. The van der Waals surface area contributed by atoms with Crippen molar-refractivity contribution < 1.29 is 9.21 Å². The van der Waals surface area contributed by atoms with Crippen LogP contribution in [0.4, 0.5) is 0 Å². The van der Waals surface area contributed by atoms with E-state index in [-0.39, 0.29) is 5.78 Å². The van der Waals surface area contributed by atoms with E-state index in [1.165, 1.54) is 5.56 Å². The lowest BCUT2D eigenvalue weighted by Gasteiger charge is -2.04. The third-order valence-electron chi connectivity index (χ3n) is 3.71. The van der Waals surface area contributed by atoms with Gasteiger partial charge in [-0.1, -0.05) is 48.0 Å². The van der Waals surface area contributed by atoms with Gasteiger partial charge in [0.15, 0.2) is 0 Å². The van der Waals surface area contributed by atoms with Crippen molar-refractivity contribution in [1.82, 2.24) is 0 Å². The molecule has 0 fully saturated rings. The van der Waals surface area contributed by atoms with Gasteiger partial charge in [-0.25, -0.2) is 0 Å². The summed E-state index contributed by atoms with van der Waals surface area (Å²) in [5.41, 5.74) is 4.37. The fourth-order valence-electron chi connectivity index (χ4n) is 2.60. The SMILES string of the molecule is CC(=O)CCc1oc2ccccc2c1-c1ccc(C)cc1. The topological polar surface area (TPSA) is 30.2 Å². The fourth-order valence-corrected chi connectivity index (χ4v) is 2.60. The highest BCUT2D eigenvalue weighted by Gasteiger charge is 2.15. The molecule has 106 valence electrons. The number of fused-ring (bicyclic) bond motifs is 1. The first-order chi connectivity index (χ1) is 10.1. The summed E-state index contributed by atoms with van der Waals surface area (Å²) in [4.78, 5) is 11.3. The molecule has 2 aromatic carbocycles. The highest BCUT2D eigenvalue weighted by Crippen LogP contribution is 2.35. The van der Waals surface area contributed by atoms with Crippen LogP contribution in [0.2, 0.25) is 0 Å². The molecule has 0 saturated heterocycles. The summed E-state index contributed by atoms with van der Waals surface area (Å²) in [6.45, 7) is 3.70. The van der Waals surface area contributed by atoms with Gasteiger partial charge in [-0.2, -0.15) is 0 Å². The van der Waals surface area contributed by atoms with Gasteiger partial charge in [0.2, 0.25) is 0 Å².